The standard InChI is InChI=1S/C19H26F3N3O4S/c1-14(2)12-24(3)18(26)13-29-23-16-7-9-25(10-8-16)30(27,28)17-6-4-5-15(11-17)19(20,21)22/h4-6,11,14H,7-10,12-13H2,1-3H3. The fraction of sp³-hybridized carbons (Fsp3) is 0.579. The molecular weight excluding hydrogens is 423 g/mol. The van der Waals surface area contributed by atoms with Crippen LogP contribution in [0.2, 0.25) is 0 Å². The molecule has 0 atom stereocenters. The molecule has 1 aliphatic rings. The lowest BCUT2D eigenvalue weighted by Gasteiger charge is -2.27. The van der Waals surface area contributed by atoms with Gasteiger partial charge < -0.3 is 9.74 Å². The van der Waals surface area contributed by atoms with E-state index in [0.717, 1.165) is 22.5 Å². The van der Waals surface area contributed by atoms with Crippen LogP contribution in [0.3, 0.4) is 0 Å². The van der Waals surface area contributed by atoms with E-state index in [1.54, 1.807) is 11.9 Å². The molecule has 168 valence electrons. The summed E-state index contributed by atoms with van der Waals surface area (Å²) in [7, 11) is -2.37. The third-order valence-electron chi connectivity index (χ3n) is 4.55. The fourth-order valence-corrected chi connectivity index (χ4v) is 4.48. The molecule has 1 fully saturated rings. The second kappa shape index (κ2) is 9.78. The fourth-order valence-electron chi connectivity index (χ4n) is 3.00. The molecule has 0 aliphatic carbocycles. The van der Waals surface area contributed by atoms with Gasteiger partial charge in [-0.3, -0.25) is 4.79 Å². The molecule has 1 saturated heterocycles. The number of hydrogen-bond donors (Lipinski definition) is 0. The summed E-state index contributed by atoms with van der Waals surface area (Å²) < 4.78 is 65.1. The van der Waals surface area contributed by atoms with Gasteiger partial charge in [0.25, 0.3) is 5.91 Å². The summed E-state index contributed by atoms with van der Waals surface area (Å²) in [5.41, 5.74) is -0.409. The first-order chi connectivity index (χ1) is 13.9. The van der Waals surface area contributed by atoms with E-state index >= 15 is 0 Å². The van der Waals surface area contributed by atoms with E-state index < -0.39 is 26.7 Å². The molecule has 0 N–H and O–H groups in total. The highest BCUT2D eigenvalue weighted by atomic mass is 32.2. The number of likely N-dealkylation sites (N-methyl/N-ethyl adjacent to an activating group) is 1. The zero-order valence-electron chi connectivity index (χ0n) is 17.1. The first-order valence-electron chi connectivity index (χ1n) is 9.50. The molecule has 7 nitrogen and oxygen atoms in total. The number of halogens is 3. The minimum atomic E-state index is -4.62. The van der Waals surface area contributed by atoms with Crippen LogP contribution in [-0.4, -0.2) is 62.5 Å². The molecular formula is C19H26F3N3O4S. The van der Waals surface area contributed by atoms with Crippen LogP contribution in [-0.2, 0) is 25.8 Å². The van der Waals surface area contributed by atoms with Gasteiger partial charge >= 0.3 is 6.18 Å². The highest BCUT2D eigenvalue weighted by molar-refractivity contribution is 7.89. The third-order valence-corrected chi connectivity index (χ3v) is 6.44. The molecule has 1 aromatic rings. The second-order valence-corrected chi connectivity index (χ2v) is 9.47. The van der Waals surface area contributed by atoms with E-state index in [1.165, 1.54) is 0 Å². The lowest BCUT2D eigenvalue weighted by molar-refractivity contribution is -0.137. The van der Waals surface area contributed by atoms with Crippen molar-refractivity contribution in [3.8, 4) is 0 Å². The number of carbonyl (C=O) groups is 1. The Morgan fingerprint density at radius 1 is 1.27 bits per heavy atom. The van der Waals surface area contributed by atoms with E-state index in [9.17, 15) is 26.4 Å². The number of hydrogen-bond acceptors (Lipinski definition) is 5. The summed E-state index contributed by atoms with van der Waals surface area (Å²) in [6, 6.07) is 3.70. The Labute approximate surface area is 174 Å². The number of alkyl halides is 3. The van der Waals surface area contributed by atoms with Gasteiger partial charge in [-0.05, 0) is 24.1 Å². The molecule has 0 radical (unpaired) electrons. The van der Waals surface area contributed by atoms with Crippen LogP contribution in [0.5, 0.6) is 0 Å². The average molecular weight is 449 g/mol. The van der Waals surface area contributed by atoms with Crippen molar-refractivity contribution in [2.75, 3.05) is 33.3 Å². The molecule has 0 spiro atoms. The zero-order valence-corrected chi connectivity index (χ0v) is 18.0. The Kier molecular flexibility index (Phi) is 7.87. The van der Waals surface area contributed by atoms with E-state index in [2.05, 4.69) is 5.16 Å². The van der Waals surface area contributed by atoms with Crippen molar-refractivity contribution in [1.82, 2.24) is 9.21 Å². The van der Waals surface area contributed by atoms with Gasteiger partial charge in [0.2, 0.25) is 10.0 Å². The maximum Gasteiger partial charge on any atom is 0.416 e. The molecule has 1 amide bonds. The van der Waals surface area contributed by atoms with Crippen LogP contribution in [0, 0.1) is 5.92 Å². The van der Waals surface area contributed by atoms with Gasteiger partial charge in [-0.15, -0.1) is 0 Å². The minimum Gasteiger partial charge on any atom is -0.386 e. The van der Waals surface area contributed by atoms with Gasteiger partial charge in [0, 0.05) is 39.5 Å². The number of amides is 1. The van der Waals surface area contributed by atoms with Crippen LogP contribution in [0.15, 0.2) is 34.3 Å². The van der Waals surface area contributed by atoms with Gasteiger partial charge in [-0.2, -0.15) is 17.5 Å². The molecule has 30 heavy (non-hydrogen) atoms. The molecule has 0 unspecified atom stereocenters. The predicted molar refractivity (Wildman–Crippen MR) is 105 cm³/mol. The van der Waals surface area contributed by atoms with E-state index in [0.29, 0.717) is 24.2 Å². The molecule has 1 aliphatic heterocycles. The SMILES string of the molecule is CC(C)CN(C)C(=O)CON=C1CCN(S(=O)(=O)c2cccc(C(F)(F)F)c2)CC1. The van der Waals surface area contributed by atoms with E-state index in [1.807, 2.05) is 13.8 Å². The lowest BCUT2D eigenvalue weighted by Crippen LogP contribution is -2.39. The molecule has 0 saturated carbocycles. The van der Waals surface area contributed by atoms with Gasteiger partial charge in [0.1, 0.15) is 0 Å². The smallest absolute Gasteiger partial charge is 0.386 e. The number of rotatable bonds is 7. The van der Waals surface area contributed by atoms with Crippen molar-refractivity contribution in [2.24, 2.45) is 11.1 Å². The van der Waals surface area contributed by atoms with Crippen molar-refractivity contribution in [3.05, 3.63) is 29.8 Å². The third kappa shape index (κ3) is 6.43. The first kappa shape index (κ1) is 24.1. The highest BCUT2D eigenvalue weighted by Crippen LogP contribution is 2.31. The monoisotopic (exact) mass is 449 g/mol. The molecule has 0 bridgehead atoms. The number of nitrogens with zero attached hydrogens (tertiary/aromatic N) is 3. The average Bonchev–Trinajstić information content (AvgIpc) is 2.67. The zero-order chi connectivity index (χ0) is 22.5. The number of oxime groups is 1. The van der Waals surface area contributed by atoms with E-state index in [4.69, 9.17) is 4.84 Å². The Bertz CT molecular complexity index is 875. The van der Waals surface area contributed by atoms with Crippen LogP contribution >= 0.6 is 0 Å². The van der Waals surface area contributed by atoms with Gasteiger partial charge in [0.05, 0.1) is 16.2 Å². The highest BCUT2D eigenvalue weighted by Gasteiger charge is 2.33. The predicted octanol–water partition coefficient (Wildman–Crippen LogP) is 2.98. The van der Waals surface area contributed by atoms with Crippen molar-refractivity contribution >= 4 is 21.6 Å². The molecule has 1 heterocycles. The van der Waals surface area contributed by atoms with Crippen LogP contribution in [0.4, 0.5) is 13.2 Å². The minimum absolute atomic E-state index is 0.0714. The number of sulfonamides is 1. The molecule has 11 heteroatoms. The quantitative estimate of drug-likeness (QED) is 0.600. The maximum absolute atomic E-state index is 12.9. The Morgan fingerprint density at radius 3 is 2.47 bits per heavy atom. The molecule has 2 rings (SSSR count). The Hall–Kier alpha value is -2.14. The summed E-state index contributed by atoms with van der Waals surface area (Å²) in [5.74, 6) is 0.117. The van der Waals surface area contributed by atoms with E-state index in [-0.39, 0.29) is 38.4 Å². The van der Waals surface area contributed by atoms with Crippen LogP contribution in [0.1, 0.15) is 32.3 Å². The largest absolute Gasteiger partial charge is 0.416 e. The number of piperidine rings is 1. The summed E-state index contributed by atoms with van der Waals surface area (Å²) in [5, 5.41) is 3.92. The molecule has 0 aromatic heterocycles. The molecule has 1 aromatic carbocycles. The van der Waals surface area contributed by atoms with Crippen molar-refractivity contribution in [2.45, 2.75) is 37.8 Å². The van der Waals surface area contributed by atoms with Gasteiger partial charge in [-0.25, -0.2) is 8.42 Å². The van der Waals surface area contributed by atoms with Crippen molar-refractivity contribution in [3.63, 3.8) is 0 Å². The summed E-state index contributed by atoms with van der Waals surface area (Å²) >= 11 is 0. The van der Waals surface area contributed by atoms with Crippen molar-refractivity contribution in [1.29, 1.82) is 0 Å². The summed E-state index contributed by atoms with van der Waals surface area (Å²) in [4.78, 5) is 18.2. The lowest BCUT2D eigenvalue weighted by atomic mass is 10.1. The summed E-state index contributed by atoms with van der Waals surface area (Å²) in [6.07, 6.45) is -4.08. The number of benzene rings is 1. The maximum atomic E-state index is 12.9. The van der Waals surface area contributed by atoms with Gasteiger partial charge in [-0.1, -0.05) is 25.1 Å². The summed E-state index contributed by atoms with van der Waals surface area (Å²) in [6.45, 7) is 4.52. The van der Waals surface area contributed by atoms with Crippen LogP contribution in [0.25, 0.3) is 0 Å². The van der Waals surface area contributed by atoms with Gasteiger partial charge in [0.15, 0.2) is 6.61 Å². The Morgan fingerprint density at radius 2 is 1.90 bits per heavy atom. The first-order valence-corrected chi connectivity index (χ1v) is 10.9. The number of carbonyl (C=O) groups excluding carboxylic acids is 1. The Balaban J connectivity index is 1.93. The van der Waals surface area contributed by atoms with Crippen molar-refractivity contribution < 1.29 is 31.2 Å². The van der Waals surface area contributed by atoms with Crippen LogP contribution < -0.4 is 0 Å². The topological polar surface area (TPSA) is 79.3 Å². The normalized spacial score (nSPS) is 15.9. The second-order valence-electron chi connectivity index (χ2n) is 7.53.